The van der Waals surface area contributed by atoms with E-state index in [1.807, 2.05) is 17.2 Å². The second-order valence-electron chi connectivity index (χ2n) is 4.95. The molecule has 2 atom stereocenters. The number of hydrogen-bond donors (Lipinski definition) is 1. The van der Waals surface area contributed by atoms with Gasteiger partial charge in [0.2, 0.25) is 0 Å². The molecule has 2 aliphatic heterocycles. The zero-order chi connectivity index (χ0) is 12.0. The minimum absolute atomic E-state index is 0.113. The maximum Gasteiger partial charge on any atom is 0.265 e. The van der Waals surface area contributed by atoms with E-state index < -0.39 is 0 Å². The normalized spacial score (nSPS) is 27.5. The summed E-state index contributed by atoms with van der Waals surface area (Å²) in [4.78, 5) is 15.0. The Morgan fingerprint density at radius 2 is 2.12 bits per heavy atom. The predicted octanol–water partition coefficient (Wildman–Crippen LogP) is 2.00. The highest BCUT2D eigenvalue weighted by Gasteiger charge is 2.38. The zero-order valence-corrected chi connectivity index (χ0v) is 11.3. The van der Waals surface area contributed by atoms with Crippen molar-refractivity contribution in [2.75, 3.05) is 26.2 Å². The Kier molecular flexibility index (Phi) is 2.89. The van der Waals surface area contributed by atoms with E-state index in [2.05, 4.69) is 5.32 Å². The number of thiophene rings is 1. The summed E-state index contributed by atoms with van der Waals surface area (Å²) in [6.07, 6.45) is 0. The maximum atomic E-state index is 12.3. The molecule has 2 unspecified atom stereocenters. The van der Waals surface area contributed by atoms with E-state index in [9.17, 15) is 4.79 Å². The van der Waals surface area contributed by atoms with Crippen molar-refractivity contribution < 1.29 is 4.79 Å². The summed E-state index contributed by atoms with van der Waals surface area (Å²) in [6.45, 7) is 5.79. The van der Waals surface area contributed by atoms with Gasteiger partial charge < -0.3 is 10.2 Å². The van der Waals surface area contributed by atoms with Gasteiger partial charge in [-0.15, -0.1) is 11.3 Å². The Bertz CT molecular complexity index is 447. The fraction of sp³-hybridized carbons (Fsp3) is 0.583. The molecule has 1 aromatic heterocycles. The molecule has 3 rings (SSSR count). The summed E-state index contributed by atoms with van der Waals surface area (Å²) in [5, 5.41) is 5.96. The van der Waals surface area contributed by atoms with Crippen molar-refractivity contribution in [1.29, 1.82) is 0 Å². The van der Waals surface area contributed by atoms with E-state index in [1.165, 1.54) is 11.3 Å². The topological polar surface area (TPSA) is 32.3 Å². The Balaban J connectivity index is 1.78. The smallest absolute Gasteiger partial charge is 0.265 e. The molecule has 2 saturated heterocycles. The lowest BCUT2D eigenvalue weighted by molar-refractivity contribution is 0.0786. The van der Waals surface area contributed by atoms with Crippen molar-refractivity contribution in [1.82, 2.24) is 10.2 Å². The number of nitrogens with one attached hydrogen (secondary N) is 1. The third kappa shape index (κ3) is 1.88. The second-order valence-corrected chi connectivity index (χ2v) is 6.21. The molecule has 1 amide bonds. The lowest BCUT2D eigenvalue weighted by atomic mass is 10.0. The third-order valence-electron chi connectivity index (χ3n) is 3.77. The summed E-state index contributed by atoms with van der Waals surface area (Å²) in [5.74, 6) is 1.39. The quantitative estimate of drug-likeness (QED) is 0.847. The first kappa shape index (κ1) is 11.5. The molecule has 0 radical (unpaired) electrons. The molecule has 0 aromatic carbocycles. The highest BCUT2D eigenvalue weighted by atomic mass is 35.5. The van der Waals surface area contributed by atoms with Crippen LogP contribution < -0.4 is 5.32 Å². The van der Waals surface area contributed by atoms with Crippen LogP contribution in [0.5, 0.6) is 0 Å². The number of fused-ring (bicyclic) bond motifs is 1. The van der Waals surface area contributed by atoms with Gasteiger partial charge in [0.05, 0.1) is 5.02 Å². The average molecular weight is 271 g/mol. The second kappa shape index (κ2) is 4.26. The third-order valence-corrected chi connectivity index (χ3v) is 5.46. The van der Waals surface area contributed by atoms with Crippen LogP contribution in [-0.4, -0.2) is 37.0 Å². The molecular formula is C12H15ClN2OS. The highest BCUT2D eigenvalue weighted by Crippen LogP contribution is 2.32. The number of hydrogen-bond acceptors (Lipinski definition) is 3. The van der Waals surface area contributed by atoms with Crippen molar-refractivity contribution in [2.24, 2.45) is 11.8 Å². The first-order chi connectivity index (χ1) is 8.16. The van der Waals surface area contributed by atoms with Crippen LogP contribution in [-0.2, 0) is 0 Å². The molecule has 92 valence electrons. The Hall–Kier alpha value is -0.580. The van der Waals surface area contributed by atoms with Crippen LogP contribution in [0.15, 0.2) is 5.38 Å². The van der Waals surface area contributed by atoms with E-state index in [1.54, 1.807) is 0 Å². The molecule has 0 saturated carbocycles. The summed E-state index contributed by atoms with van der Waals surface area (Å²) in [6, 6.07) is 0. The van der Waals surface area contributed by atoms with Gasteiger partial charge in [-0.3, -0.25) is 4.79 Å². The van der Waals surface area contributed by atoms with Crippen LogP contribution in [0.25, 0.3) is 0 Å². The number of likely N-dealkylation sites (tertiary alicyclic amines) is 1. The molecule has 1 aromatic rings. The monoisotopic (exact) mass is 270 g/mol. The number of halogens is 1. The van der Waals surface area contributed by atoms with Gasteiger partial charge in [0, 0.05) is 26.2 Å². The number of carbonyl (C=O) groups is 1. The lowest BCUT2D eigenvalue weighted by Gasteiger charge is -2.16. The molecule has 3 nitrogen and oxygen atoms in total. The van der Waals surface area contributed by atoms with Crippen molar-refractivity contribution in [3.8, 4) is 0 Å². The number of amides is 1. The fourth-order valence-corrected chi connectivity index (χ4v) is 3.98. The summed E-state index contributed by atoms with van der Waals surface area (Å²) in [5.41, 5.74) is 1.00. The lowest BCUT2D eigenvalue weighted by Crippen LogP contribution is -2.31. The number of rotatable bonds is 1. The highest BCUT2D eigenvalue weighted by molar-refractivity contribution is 7.13. The molecule has 0 bridgehead atoms. The molecule has 17 heavy (non-hydrogen) atoms. The van der Waals surface area contributed by atoms with Gasteiger partial charge in [0.15, 0.2) is 0 Å². The molecule has 1 N–H and O–H groups in total. The van der Waals surface area contributed by atoms with E-state index in [-0.39, 0.29) is 5.91 Å². The van der Waals surface area contributed by atoms with Crippen molar-refractivity contribution in [3.63, 3.8) is 0 Å². The molecule has 0 spiro atoms. The van der Waals surface area contributed by atoms with Gasteiger partial charge in [0.25, 0.3) is 5.91 Å². The minimum atomic E-state index is 0.113. The van der Waals surface area contributed by atoms with E-state index >= 15 is 0 Å². The van der Waals surface area contributed by atoms with Crippen LogP contribution in [0, 0.1) is 18.8 Å². The summed E-state index contributed by atoms with van der Waals surface area (Å²) in [7, 11) is 0. The van der Waals surface area contributed by atoms with Crippen molar-refractivity contribution in [3.05, 3.63) is 20.8 Å². The summed E-state index contributed by atoms with van der Waals surface area (Å²) < 4.78 is 0. The van der Waals surface area contributed by atoms with Crippen LogP contribution >= 0.6 is 22.9 Å². The first-order valence-electron chi connectivity index (χ1n) is 5.90. The molecular weight excluding hydrogens is 256 g/mol. The van der Waals surface area contributed by atoms with E-state index in [0.717, 1.165) is 31.7 Å². The Labute approximate surface area is 110 Å². The van der Waals surface area contributed by atoms with Gasteiger partial charge >= 0.3 is 0 Å². The number of nitrogens with zero attached hydrogens (tertiary/aromatic N) is 1. The van der Waals surface area contributed by atoms with E-state index in [4.69, 9.17) is 11.6 Å². The van der Waals surface area contributed by atoms with Crippen LogP contribution in [0.1, 0.15) is 15.2 Å². The van der Waals surface area contributed by atoms with Gasteiger partial charge in [-0.05, 0) is 29.7 Å². The maximum absolute atomic E-state index is 12.3. The predicted molar refractivity (Wildman–Crippen MR) is 69.8 cm³/mol. The van der Waals surface area contributed by atoms with Crippen LogP contribution in [0.3, 0.4) is 0 Å². The van der Waals surface area contributed by atoms with Gasteiger partial charge in [-0.1, -0.05) is 11.6 Å². The van der Waals surface area contributed by atoms with Crippen LogP contribution in [0.2, 0.25) is 5.02 Å². The molecule has 2 aliphatic rings. The van der Waals surface area contributed by atoms with Crippen LogP contribution in [0.4, 0.5) is 0 Å². The minimum Gasteiger partial charge on any atom is -0.337 e. The number of carbonyl (C=O) groups excluding carboxylic acids is 1. The Morgan fingerprint density at radius 1 is 1.47 bits per heavy atom. The molecule has 5 heteroatoms. The number of aryl methyl sites for hydroxylation is 1. The molecule has 3 heterocycles. The SMILES string of the molecule is Cc1csc(C(=O)N2CC3CNCC3C2)c1Cl. The molecule has 0 aliphatic carbocycles. The first-order valence-corrected chi connectivity index (χ1v) is 7.16. The largest absolute Gasteiger partial charge is 0.337 e. The molecule has 2 fully saturated rings. The summed E-state index contributed by atoms with van der Waals surface area (Å²) >= 11 is 7.61. The van der Waals surface area contributed by atoms with Crippen molar-refractivity contribution >= 4 is 28.8 Å². The zero-order valence-electron chi connectivity index (χ0n) is 9.70. The average Bonchev–Trinajstić information content (AvgIpc) is 2.94. The fourth-order valence-electron chi connectivity index (χ4n) is 2.74. The van der Waals surface area contributed by atoms with Gasteiger partial charge in [-0.2, -0.15) is 0 Å². The van der Waals surface area contributed by atoms with Crippen molar-refractivity contribution in [2.45, 2.75) is 6.92 Å². The van der Waals surface area contributed by atoms with E-state index in [0.29, 0.717) is 21.7 Å². The van der Waals surface area contributed by atoms with Gasteiger partial charge in [0.1, 0.15) is 4.88 Å². The Morgan fingerprint density at radius 3 is 2.65 bits per heavy atom. The van der Waals surface area contributed by atoms with Gasteiger partial charge in [-0.25, -0.2) is 0 Å². The standard InChI is InChI=1S/C12H15ClN2OS/c1-7-6-17-11(10(7)13)12(16)15-4-8-2-14-3-9(8)5-15/h6,8-9,14H,2-5H2,1H3.